The molecule has 2 heterocycles. The van der Waals surface area contributed by atoms with Crippen molar-refractivity contribution in [2.45, 2.75) is 0 Å². The molecule has 1 N–H and O–H groups in total. The zero-order valence-corrected chi connectivity index (χ0v) is 9.74. The Balaban J connectivity index is 2.15. The molecule has 90 valence electrons. The van der Waals surface area contributed by atoms with E-state index in [4.69, 9.17) is 4.74 Å². The minimum atomic E-state index is 0.178. The highest BCUT2D eigenvalue weighted by atomic mass is 16.5. The second-order valence-electron chi connectivity index (χ2n) is 3.87. The minimum Gasteiger partial charge on any atom is -0.506 e. The fraction of sp³-hybridized carbons (Fsp3) is 0.0769. The molecule has 0 bridgehead atoms. The van der Waals surface area contributed by atoms with E-state index in [0.29, 0.717) is 11.5 Å². The first-order chi connectivity index (χ1) is 8.78. The Labute approximate surface area is 103 Å². The molecule has 5 nitrogen and oxygen atoms in total. The van der Waals surface area contributed by atoms with Gasteiger partial charge in [0.2, 0.25) is 0 Å². The molecule has 0 unspecified atom stereocenters. The third kappa shape index (κ3) is 1.66. The number of fused-ring (bicyclic) bond motifs is 1. The summed E-state index contributed by atoms with van der Waals surface area (Å²) < 4.78 is 6.86. The molecular weight excluding hydrogens is 230 g/mol. The predicted octanol–water partition coefficient (Wildman–Crippen LogP) is 2.11. The number of rotatable bonds is 2. The fourth-order valence-corrected chi connectivity index (χ4v) is 1.82. The van der Waals surface area contributed by atoms with Gasteiger partial charge in [0.25, 0.3) is 0 Å². The second-order valence-corrected chi connectivity index (χ2v) is 3.87. The molecule has 3 rings (SSSR count). The van der Waals surface area contributed by atoms with Crippen molar-refractivity contribution in [2.75, 3.05) is 7.11 Å². The van der Waals surface area contributed by atoms with Crippen LogP contribution in [0, 0.1) is 0 Å². The van der Waals surface area contributed by atoms with Crippen LogP contribution in [-0.2, 0) is 0 Å². The van der Waals surface area contributed by atoms with Crippen LogP contribution in [0.15, 0.2) is 42.6 Å². The van der Waals surface area contributed by atoms with E-state index in [1.165, 1.54) is 0 Å². The lowest BCUT2D eigenvalue weighted by Crippen LogP contribution is -1.89. The molecule has 0 atom stereocenters. The van der Waals surface area contributed by atoms with Crippen LogP contribution in [0.4, 0.5) is 0 Å². The first kappa shape index (κ1) is 10.6. The van der Waals surface area contributed by atoms with E-state index in [0.717, 1.165) is 11.3 Å². The van der Waals surface area contributed by atoms with Gasteiger partial charge in [-0.15, -0.1) is 10.2 Å². The van der Waals surface area contributed by atoms with Crippen LogP contribution in [0.3, 0.4) is 0 Å². The summed E-state index contributed by atoms with van der Waals surface area (Å²) in [5.74, 6) is 1.65. The molecule has 2 aromatic heterocycles. The molecule has 18 heavy (non-hydrogen) atoms. The van der Waals surface area contributed by atoms with E-state index in [2.05, 4.69) is 10.2 Å². The molecule has 0 saturated heterocycles. The van der Waals surface area contributed by atoms with Crippen LogP contribution >= 0.6 is 0 Å². The maximum Gasteiger partial charge on any atom is 0.168 e. The fourth-order valence-electron chi connectivity index (χ4n) is 1.82. The third-order valence-corrected chi connectivity index (χ3v) is 2.73. The van der Waals surface area contributed by atoms with Gasteiger partial charge in [-0.1, -0.05) is 0 Å². The monoisotopic (exact) mass is 241 g/mol. The summed E-state index contributed by atoms with van der Waals surface area (Å²) in [5.41, 5.74) is 1.60. The van der Waals surface area contributed by atoms with Crippen LogP contribution < -0.4 is 4.74 Å². The molecule has 3 aromatic rings. The quantitative estimate of drug-likeness (QED) is 0.746. The van der Waals surface area contributed by atoms with Gasteiger partial charge in [0.15, 0.2) is 11.5 Å². The lowest BCUT2D eigenvalue weighted by atomic mass is 10.2. The predicted molar refractivity (Wildman–Crippen MR) is 66.6 cm³/mol. The van der Waals surface area contributed by atoms with Crippen molar-refractivity contribution >= 4 is 5.65 Å². The highest BCUT2D eigenvalue weighted by molar-refractivity contribution is 5.60. The highest BCUT2D eigenvalue weighted by Gasteiger charge is 2.08. The normalized spacial score (nSPS) is 10.7. The third-order valence-electron chi connectivity index (χ3n) is 2.73. The summed E-state index contributed by atoms with van der Waals surface area (Å²) >= 11 is 0. The minimum absolute atomic E-state index is 0.178. The zero-order chi connectivity index (χ0) is 12.5. The van der Waals surface area contributed by atoms with Crippen molar-refractivity contribution in [1.82, 2.24) is 14.6 Å². The number of benzene rings is 1. The van der Waals surface area contributed by atoms with Gasteiger partial charge in [-0.2, -0.15) is 0 Å². The van der Waals surface area contributed by atoms with E-state index in [1.807, 2.05) is 24.3 Å². The molecule has 0 aliphatic heterocycles. The van der Waals surface area contributed by atoms with Crippen LogP contribution in [0.1, 0.15) is 0 Å². The van der Waals surface area contributed by atoms with Crippen molar-refractivity contribution in [3.05, 3.63) is 42.6 Å². The number of nitrogens with zero attached hydrogens (tertiary/aromatic N) is 3. The molecule has 5 heteroatoms. The average molecular weight is 241 g/mol. The summed E-state index contributed by atoms with van der Waals surface area (Å²) in [7, 11) is 1.62. The highest BCUT2D eigenvalue weighted by Crippen LogP contribution is 2.22. The maximum atomic E-state index is 9.51. The topological polar surface area (TPSA) is 59.7 Å². The van der Waals surface area contributed by atoms with Gasteiger partial charge in [-0.25, -0.2) is 0 Å². The Morgan fingerprint density at radius 2 is 1.83 bits per heavy atom. The number of aromatic nitrogens is 3. The Kier molecular flexibility index (Phi) is 2.37. The maximum absolute atomic E-state index is 9.51. The van der Waals surface area contributed by atoms with Gasteiger partial charge in [0.1, 0.15) is 11.5 Å². The first-order valence-corrected chi connectivity index (χ1v) is 5.46. The van der Waals surface area contributed by atoms with Crippen molar-refractivity contribution in [2.24, 2.45) is 0 Å². The molecule has 0 spiro atoms. The number of hydrogen-bond donors (Lipinski definition) is 1. The number of aromatic hydroxyl groups is 1. The lowest BCUT2D eigenvalue weighted by molar-refractivity contribution is 0.415. The summed E-state index contributed by atoms with van der Waals surface area (Å²) in [6.07, 6.45) is 1.59. The number of methoxy groups -OCH3 is 1. The Morgan fingerprint density at radius 1 is 1.06 bits per heavy atom. The summed E-state index contributed by atoms with van der Waals surface area (Å²) in [6.45, 7) is 0. The van der Waals surface area contributed by atoms with Crippen molar-refractivity contribution in [1.29, 1.82) is 0 Å². The zero-order valence-electron chi connectivity index (χ0n) is 9.74. The molecular formula is C13H11N3O2. The van der Waals surface area contributed by atoms with E-state index < -0.39 is 0 Å². The van der Waals surface area contributed by atoms with Gasteiger partial charge in [-0.3, -0.25) is 4.40 Å². The van der Waals surface area contributed by atoms with E-state index >= 15 is 0 Å². The summed E-state index contributed by atoms with van der Waals surface area (Å²) in [5, 5.41) is 17.7. The van der Waals surface area contributed by atoms with E-state index in [-0.39, 0.29) is 5.75 Å². The van der Waals surface area contributed by atoms with Crippen LogP contribution in [0.25, 0.3) is 17.0 Å². The summed E-state index contributed by atoms with van der Waals surface area (Å²) in [6, 6.07) is 10.8. The largest absolute Gasteiger partial charge is 0.506 e. The number of ether oxygens (including phenoxy) is 1. The number of hydrogen-bond acceptors (Lipinski definition) is 4. The van der Waals surface area contributed by atoms with Gasteiger partial charge in [-0.05, 0) is 36.4 Å². The van der Waals surface area contributed by atoms with Crippen LogP contribution in [0.2, 0.25) is 0 Å². The van der Waals surface area contributed by atoms with Crippen molar-refractivity contribution in [3.63, 3.8) is 0 Å². The van der Waals surface area contributed by atoms with Gasteiger partial charge in [0.05, 0.1) is 13.3 Å². The van der Waals surface area contributed by atoms with E-state index in [1.54, 1.807) is 29.8 Å². The second kappa shape index (κ2) is 4.03. The van der Waals surface area contributed by atoms with Crippen LogP contribution in [-0.4, -0.2) is 26.8 Å². The average Bonchev–Trinajstić information content (AvgIpc) is 2.82. The Morgan fingerprint density at radius 3 is 2.56 bits per heavy atom. The molecule has 0 amide bonds. The molecule has 1 aromatic carbocycles. The summed E-state index contributed by atoms with van der Waals surface area (Å²) in [4.78, 5) is 0. The SMILES string of the molecule is COc1ccc(-c2nnc3ccc(O)cn23)cc1. The molecule has 0 radical (unpaired) electrons. The van der Waals surface area contributed by atoms with Crippen molar-refractivity contribution in [3.8, 4) is 22.9 Å². The van der Waals surface area contributed by atoms with Crippen molar-refractivity contribution < 1.29 is 9.84 Å². The standard InChI is InChI=1S/C13H11N3O2/c1-18-11-5-2-9(3-6-11)13-15-14-12-7-4-10(17)8-16(12)13/h2-8,17H,1H3. The van der Waals surface area contributed by atoms with Gasteiger partial charge < -0.3 is 9.84 Å². The molecule has 0 fully saturated rings. The number of pyridine rings is 1. The molecule has 0 aliphatic carbocycles. The Bertz CT molecular complexity index is 689. The van der Waals surface area contributed by atoms with E-state index in [9.17, 15) is 5.11 Å². The lowest BCUT2D eigenvalue weighted by Gasteiger charge is -2.02. The first-order valence-electron chi connectivity index (χ1n) is 5.46. The molecule has 0 saturated carbocycles. The Hall–Kier alpha value is -2.56. The van der Waals surface area contributed by atoms with Gasteiger partial charge >= 0.3 is 0 Å². The smallest absolute Gasteiger partial charge is 0.168 e. The van der Waals surface area contributed by atoms with Crippen LogP contribution in [0.5, 0.6) is 11.5 Å². The molecule has 0 aliphatic rings. The van der Waals surface area contributed by atoms with Gasteiger partial charge in [0, 0.05) is 5.56 Å².